The van der Waals surface area contributed by atoms with Crippen LogP contribution in [0.3, 0.4) is 0 Å². The molecule has 0 radical (unpaired) electrons. The number of aromatic nitrogens is 3. The lowest BCUT2D eigenvalue weighted by Gasteiger charge is -2.36. The van der Waals surface area contributed by atoms with Crippen molar-refractivity contribution >= 4 is 5.82 Å². The van der Waals surface area contributed by atoms with Gasteiger partial charge >= 0.3 is 5.70 Å². The van der Waals surface area contributed by atoms with E-state index in [1.54, 1.807) is 13.0 Å². The Kier molecular flexibility index (Phi) is 5.50. The van der Waals surface area contributed by atoms with Crippen LogP contribution in [0.25, 0.3) is 0 Å². The summed E-state index contributed by atoms with van der Waals surface area (Å²) in [6.07, 6.45) is 3.84. The maximum Gasteiger partial charge on any atom is 0.309 e. The molecule has 0 spiro atoms. The highest BCUT2D eigenvalue weighted by molar-refractivity contribution is 5.47. The molecule has 11 heteroatoms. The molecule has 1 aliphatic rings. The quantitative estimate of drug-likeness (QED) is 0.407. The van der Waals surface area contributed by atoms with Crippen LogP contribution in [0.2, 0.25) is 0 Å². The average molecular weight is 403 g/mol. The summed E-state index contributed by atoms with van der Waals surface area (Å²) in [5.74, 6) is -0.0804. The molecule has 5 N–H and O–H groups in total. The second-order valence-corrected chi connectivity index (χ2v) is 6.94. The number of anilines is 1. The molecule has 0 aliphatic carbocycles. The maximum absolute atomic E-state index is 13.2. The molecule has 154 valence electrons. The average Bonchev–Trinajstić information content (AvgIpc) is 3.07. The first-order valence-corrected chi connectivity index (χ1v) is 8.93. The molecule has 2 aromatic rings. The van der Waals surface area contributed by atoms with Gasteiger partial charge in [0.15, 0.2) is 5.82 Å². The molecule has 0 amide bonds. The van der Waals surface area contributed by atoms with Crippen LogP contribution < -0.4 is 21.1 Å². The van der Waals surface area contributed by atoms with Gasteiger partial charge in [-0.3, -0.25) is 20.2 Å². The van der Waals surface area contributed by atoms with Crippen molar-refractivity contribution in [3.8, 4) is 5.88 Å². The van der Waals surface area contributed by atoms with Crippen molar-refractivity contribution in [2.24, 2.45) is 5.73 Å². The van der Waals surface area contributed by atoms with Gasteiger partial charge in [0.1, 0.15) is 17.3 Å². The van der Waals surface area contributed by atoms with E-state index in [2.05, 4.69) is 25.8 Å². The van der Waals surface area contributed by atoms with Crippen molar-refractivity contribution in [2.75, 3.05) is 5.32 Å². The first-order chi connectivity index (χ1) is 13.7. The SMILES string of the molecule is CC(C)Oc1cc(NC2=C([N+](=O)[O-])C=CC(N)([C@H](C)c3ccc(F)cn3)N2)[nH]n1. The third-order valence-corrected chi connectivity index (χ3v) is 4.39. The topological polar surface area (TPSA) is 144 Å². The van der Waals surface area contributed by atoms with Crippen LogP contribution in [-0.4, -0.2) is 31.9 Å². The standard InChI is InChI=1S/C18H22FN7O3/c1-10(2)29-16-8-15(24-25-16)22-17-14(26(27)28)6-7-18(20,23-17)11(3)13-5-4-12(19)9-21-13/h4-11,23H,20H2,1-3H3,(H2,22,24,25)/t11-,18?/m1/s1. The lowest BCUT2D eigenvalue weighted by atomic mass is 9.89. The zero-order valence-electron chi connectivity index (χ0n) is 16.1. The van der Waals surface area contributed by atoms with Gasteiger partial charge in [0.25, 0.3) is 0 Å². The highest BCUT2D eigenvalue weighted by atomic mass is 19.1. The Hall–Kier alpha value is -3.47. The molecular weight excluding hydrogens is 381 g/mol. The summed E-state index contributed by atoms with van der Waals surface area (Å²) in [5.41, 5.74) is 5.60. The van der Waals surface area contributed by atoms with E-state index in [9.17, 15) is 14.5 Å². The number of nitrogens with two attached hydrogens (primary N) is 1. The predicted molar refractivity (Wildman–Crippen MR) is 104 cm³/mol. The number of H-pyrrole nitrogens is 1. The van der Waals surface area contributed by atoms with Gasteiger partial charge in [0, 0.05) is 23.8 Å². The lowest BCUT2D eigenvalue weighted by molar-refractivity contribution is -0.420. The molecule has 0 saturated carbocycles. The number of halogens is 1. The molecular formula is C18H22FN7O3. The van der Waals surface area contributed by atoms with E-state index in [-0.39, 0.29) is 17.6 Å². The fraction of sp³-hybridized carbons (Fsp3) is 0.333. The predicted octanol–water partition coefficient (Wildman–Crippen LogP) is 2.21. The summed E-state index contributed by atoms with van der Waals surface area (Å²) < 4.78 is 18.7. The number of ether oxygens (including phenoxy) is 1. The van der Waals surface area contributed by atoms with E-state index in [1.807, 2.05) is 13.8 Å². The van der Waals surface area contributed by atoms with Crippen LogP contribution in [0, 0.1) is 15.9 Å². The Labute approximate surface area is 166 Å². The van der Waals surface area contributed by atoms with Gasteiger partial charge in [0.05, 0.1) is 17.2 Å². The van der Waals surface area contributed by atoms with Gasteiger partial charge in [-0.15, -0.1) is 5.10 Å². The second kappa shape index (κ2) is 7.87. The first-order valence-electron chi connectivity index (χ1n) is 8.93. The number of rotatable bonds is 7. The van der Waals surface area contributed by atoms with Gasteiger partial charge in [0.2, 0.25) is 5.88 Å². The number of pyridine rings is 1. The van der Waals surface area contributed by atoms with E-state index >= 15 is 0 Å². The van der Waals surface area contributed by atoms with Crippen LogP contribution in [0.1, 0.15) is 32.4 Å². The van der Waals surface area contributed by atoms with Gasteiger partial charge in [-0.1, -0.05) is 6.92 Å². The highest BCUT2D eigenvalue weighted by Gasteiger charge is 2.37. The number of nitrogens with zero attached hydrogens (tertiary/aromatic N) is 3. The van der Waals surface area contributed by atoms with E-state index < -0.39 is 22.3 Å². The fourth-order valence-corrected chi connectivity index (χ4v) is 2.81. The van der Waals surface area contributed by atoms with Crippen molar-refractivity contribution in [2.45, 2.75) is 38.5 Å². The number of nitrogens with one attached hydrogen (secondary N) is 3. The molecule has 3 heterocycles. The van der Waals surface area contributed by atoms with Gasteiger partial charge in [-0.05, 0) is 32.1 Å². The summed E-state index contributed by atoms with van der Waals surface area (Å²) in [6.45, 7) is 5.50. The molecule has 0 bridgehead atoms. The summed E-state index contributed by atoms with van der Waals surface area (Å²) in [5, 5.41) is 24.0. The second-order valence-electron chi connectivity index (χ2n) is 6.94. The molecule has 2 aromatic heterocycles. The summed E-state index contributed by atoms with van der Waals surface area (Å²) in [4.78, 5) is 15.0. The van der Waals surface area contributed by atoms with Gasteiger partial charge in [-0.25, -0.2) is 4.39 Å². The fourth-order valence-electron chi connectivity index (χ4n) is 2.81. The van der Waals surface area contributed by atoms with E-state index in [0.29, 0.717) is 17.4 Å². The molecule has 1 unspecified atom stereocenters. The molecule has 0 saturated heterocycles. The number of nitro groups is 1. The first kappa shape index (κ1) is 20.3. The Balaban J connectivity index is 1.85. The molecule has 0 aromatic carbocycles. The van der Waals surface area contributed by atoms with Gasteiger partial charge in [-0.2, -0.15) is 0 Å². The molecule has 3 rings (SSSR count). The molecule has 2 atom stereocenters. The van der Waals surface area contributed by atoms with Crippen molar-refractivity contribution in [1.29, 1.82) is 0 Å². The minimum atomic E-state index is -1.20. The van der Waals surface area contributed by atoms with Crippen LogP contribution in [0.4, 0.5) is 10.2 Å². The third kappa shape index (κ3) is 4.51. The number of allylic oxidation sites excluding steroid dienone is 1. The largest absolute Gasteiger partial charge is 0.474 e. The van der Waals surface area contributed by atoms with Crippen LogP contribution in [-0.2, 0) is 0 Å². The van der Waals surface area contributed by atoms with Crippen molar-refractivity contribution in [3.63, 3.8) is 0 Å². The molecule has 29 heavy (non-hydrogen) atoms. The summed E-state index contributed by atoms with van der Waals surface area (Å²) in [7, 11) is 0. The Morgan fingerprint density at radius 2 is 2.14 bits per heavy atom. The smallest absolute Gasteiger partial charge is 0.309 e. The summed E-state index contributed by atoms with van der Waals surface area (Å²) >= 11 is 0. The minimum absolute atomic E-state index is 0.0730. The van der Waals surface area contributed by atoms with Crippen LogP contribution >= 0.6 is 0 Å². The maximum atomic E-state index is 13.2. The zero-order chi connectivity index (χ0) is 21.2. The normalized spacial score (nSPS) is 19.8. The third-order valence-electron chi connectivity index (χ3n) is 4.39. The van der Waals surface area contributed by atoms with Crippen molar-refractivity contribution < 1.29 is 14.1 Å². The molecule has 10 nitrogen and oxygen atoms in total. The minimum Gasteiger partial charge on any atom is -0.474 e. The van der Waals surface area contributed by atoms with Crippen molar-refractivity contribution in [1.82, 2.24) is 20.5 Å². The number of hydrogen-bond donors (Lipinski definition) is 4. The Morgan fingerprint density at radius 3 is 2.76 bits per heavy atom. The molecule has 0 fully saturated rings. The zero-order valence-corrected chi connectivity index (χ0v) is 16.1. The van der Waals surface area contributed by atoms with E-state index in [0.717, 1.165) is 6.20 Å². The lowest BCUT2D eigenvalue weighted by Crippen LogP contribution is -2.58. The number of aromatic amines is 1. The number of hydrogen-bond acceptors (Lipinski definition) is 8. The molecule has 1 aliphatic heterocycles. The Bertz CT molecular complexity index is 955. The van der Waals surface area contributed by atoms with E-state index in [4.69, 9.17) is 10.5 Å². The van der Waals surface area contributed by atoms with Crippen LogP contribution in [0.15, 0.2) is 48.1 Å². The summed E-state index contributed by atoms with van der Waals surface area (Å²) in [6, 6.07) is 4.38. The monoisotopic (exact) mass is 403 g/mol. The highest BCUT2D eigenvalue weighted by Crippen LogP contribution is 2.29. The van der Waals surface area contributed by atoms with Crippen molar-refractivity contribution in [3.05, 3.63) is 69.7 Å². The van der Waals surface area contributed by atoms with Gasteiger partial charge < -0.3 is 21.1 Å². The van der Waals surface area contributed by atoms with Crippen LogP contribution in [0.5, 0.6) is 5.88 Å². The van der Waals surface area contributed by atoms with E-state index in [1.165, 1.54) is 24.3 Å². The Morgan fingerprint density at radius 1 is 1.38 bits per heavy atom. The number of dihydropyridines is 1.